The molecule has 0 bridgehead atoms. The summed E-state index contributed by atoms with van der Waals surface area (Å²) in [4.78, 5) is 12.0. The number of furan rings is 1. The van der Waals surface area contributed by atoms with Crippen LogP contribution in [0.5, 0.6) is 11.5 Å². The molecule has 3 aromatic carbocycles. The highest BCUT2D eigenvalue weighted by Gasteiger charge is 2.10. The second-order valence-electron chi connectivity index (χ2n) is 5.66. The summed E-state index contributed by atoms with van der Waals surface area (Å²) in [6.45, 7) is -0.226. The van der Waals surface area contributed by atoms with E-state index in [-0.39, 0.29) is 6.61 Å². The van der Waals surface area contributed by atoms with Crippen LogP contribution in [0.2, 0.25) is 0 Å². The molecule has 0 aliphatic heterocycles. The van der Waals surface area contributed by atoms with E-state index in [1.54, 1.807) is 42.5 Å². The number of hydrogen-bond donors (Lipinski definition) is 0. The van der Waals surface area contributed by atoms with Gasteiger partial charge in [0.2, 0.25) is 0 Å². The van der Waals surface area contributed by atoms with Gasteiger partial charge in [-0.2, -0.15) is 5.26 Å². The maximum Gasteiger partial charge on any atom is 0.349 e. The molecular weight excluding hydrogens is 330 g/mol. The number of fused-ring (bicyclic) bond motifs is 3. The topological polar surface area (TPSA) is 72.5 Å². The van der Waals surface area contributed by atoms with Crippen LogP contribution in [0.3, 0.4) is 0 Å². The summed E-state index contributed by atoms with van der Waals surface area (Å²) in [5, 5.41) is 10.6. The number of carbonyl (C=O) groups excluding carboxylic acids is 1. The largest absolute Gasteiger partial charge is 0.482 e. The first kappa shape index (κ1) is 15.7. The van der Waals surface area contributed by atoms with E-state index in [1.807, 2.05) is 30.3 Å². The molecule has 0 atom stereocenters. The number of nitrogens with zero attached hydrogens (tertiary/aromatic N) is 1. The molecule has 1 aromatic heterocycles. The lowest BCUT2D eigenvalue weighted by Crippen LogP contribution is -2.17. The molecule has 0 amide bonds. The maximum absolute atomic E-state index is 12.0. The molecule has 4 aromatic rings. The van der Waals surface area contributed by atoms with Crippen LogP contribution in [0.4, 0.5) is 0 Å². The molecule has 0 N–H and O–H groups in total. The highest BCUT2D eigenvalue weighted by Crippen LogP contribution is 2.31. The van der Waals surface area contributed by atoms with Gasteiger partial charge in [-0.3, -0.25) is 0 Å². The highest BCUT2D eigenvalue weighted by atomic mass is 16.6. The van der Waals surface area contributed by atoms with Crippen molar-refractivity contribution in [3.63, 3.8) is 0 Å². The molecule has 5 nitrogen and oxygen atoms in total. The van der Waals surface area contributed by atoms with Crippen molar-refractivity contribution in [3.8, 4) is 17.6 Å². The van der Waals surface area contributed by atoms with Gasteiger partial charge in [0.05, 0.1) is 11.6 Å². The monoisotopic (exact) mass is 343 g/mol. The summed E-state index contributed by atoms with van der Waals surface area (Å²) in [7, 11) is 0. The molecule has 4 rings (SSSR count). The smallest absolute Gasteiger partial charge is 0.349 e. The average Bonchev–Trinajstić information content (AvgIpc) is 3.05. The fourth-order valence-electron chi connectivity index (χ4n) is 2.70. The van der Waals surface area contributed by atoms with Crippen molar-refractivity contribution >= 4 is 27.9 Å². The zero-order valence-electron chi connectivity index (χ0n) is 13.6. The molecular formula is C21H13NO4. The molecule has 5 heteroatoms. The van der Waals surface area contributed by atoms with Crippen molar-refractivity contribution < 1.29 is 18.7 Å². The molecule has 0 aliphatic rings. The Balaban J connectivity index is 1.46. The standard InChI is InChI=1S/C21H13NO4/c22-12-14-5-7-15(8-6-14)24-13-21(23)25-16-9-10-20-18(11-16)17-3-1-2-4-19(17)26-20/h1-11H,13H2. The van der Waals surface area contributed by atoms with Gasteiger partial charge in [-0.15, -0.1) is 0 Å². The first-order chi connectivity index (χ1) is 12.7. The van der Waals surface area contributed by atoms with Crippen LogP contribution in [0.1, 0.15) is 5.56 Å². The zero-order valence-corrected chi connectivity index (χ0v) is 13.6. The Kier molecular flexibility index (Phi) is 4.00. The second-order valence-corrected chi connectivity index (χ2v) is 5.66. The molecule has 0 spiro atoms. The van der Waals surface area contributed by atoms with E-state index in [1.165, 1.54) is 0 Å². The Bertz CT molecular complexity index is 1140. The summed E-state index contributed by atoms with van der Waals surface area (Å²) in [5.41, 5.74) is 2.05. The molecule has 0 saturated carbocycles. The normalized spacial score (nSPS) is 10.6. The fraction of sp³-hybridized carbons (Fsp3) is 0.0476. The van der Waals surface area contributed by atoms with E-state index in [4.69, 9.17) is 19.2 Å². The van der Waals surface area contributed by atoms with Crippen molar-refractivity contribution in [2.24, 2.45) is 0 Å². The van der Waals surface area contributed by atoms with Crippen LogP contribution >= 0.6 is 0 Å². The lowest BCUT2D eigenvalue weighted by Gasteiger charge is -2.07. The molecule has 126 valence electrons. The Morgan fingerprint density at radius 2 is 1.65 bits per heavy atom. The van der Waals surface area contributed by atoms with E-state index in [0.717, 1.165) is 21.9 Å². The van der Waals surface area contributed by atoms with Crippen LogP contribution in [-0.2, 0) is 4.79 Å². The number of carbonyl (C=O) groups is 1. The lowest BCUT2D eigenvalue weighted by atomic mass is 10.1. The van der Waals surface area contributed by atoms with E-state index < -0.39 is 5.97 Å². The quantitative estimate of drug-likeness (QED) is 0.404. The Labute approximate surface area is 149 Å². The third-order valence-corrected chi connectivity index (χ3v) is 3.92. The number of rotatable bonds is 4. The zero-order chi connectivity index (χ0) is 17.9. The van der Waals surface area contributed by atoms with E-state index in [9.17, 15) is 4.79 Å². The summed E-state index contributed by atoms with van der Waals surface area (Å²) >= 11 is 0. The van der Waals surface area contributed by atoms with Crippen molar-refractivity contribution in [3.05, 3.63) is 72.3 Å². The van der Waals surface area contributed by atoms with E-state index in [0.29, 0.717) is 17.1 Å². The molecule has 0 unspecified atom stereocenters. The Morgan fingerprint density at radius 3 is 2.46 bits per heavy atom. The SMILES string of the molecule is N#Cc1ccc(OCC(=O)Oc2ccc3oc4ccccc4c3c2)cc1. The fourth-order valence-corrected chi connectivity index (χ4v) is 2.70. The average molecular weight is 343 g/mol. The van der Waals surface area contributed by atoms with Gasteiger partial charge in [-0.25, -0.2) is 4.79 Å². The van der Waals surface area contributed by atoms with Gasteiger partial charge in [-0.1, -0.05) is 18.2 Å². The summed E-state index contributed by atoms with van der Waals surface area (Å²) in [5.74, 6) is 0.413. The van der Waals surface area contributed by atoms with Crippen molar-refractivity contribution in [2.45, 2.75) is 0 Å². The summed E-state index contributed by atoms with van der Waals surface area (Å²) < 4.78 is 16.5. The predicted molar refractivity (Wildman–Crippen MR) is 96.0 cm³/mol. The number of esters is 1. The third-order valence-electron chi connectivity index (χ3n) is 3.92. The molecule has 0 fully saturated rings. The van der Waals surface area contributed by atoms with Gasteiger partial charge in [0.1, 0.15) is 22.7 Å². The van der Waals surface area contributed by atoms with E-state index >= 15 is 0 Å². The number of nitriles is 1. The van der Waals surface area contributed by atoms with Crippen LogP contribution in [0.15, 0.2) is 71.1 Å². The van der Waals surface area contributed by atoms with Gasteiger partial charge in [-0.05, 0) is 48.5 Å². The van der Waals surface area contributed by atoms with Crippen LogP contribution in [-0.4, -0.2) is 12.6 Å². The molecule has 26 heavy (non-hydrogen) atoms. The van der Waals surface area contributed by atoms with Crippen LogP contribution in [0, 0.1) is 11.3 Å². The van der Waals surface area contributed by atoms with E-state index in [2.05, 4.69) is 0 Å². The minimum absolute atomic E-state index is 0.226. The third kappa shape index (κ3) is 3.08. The highest BCUT2D eigenvalue weighted by molar-refractivity contribution is 6.05. The minimum Gasteiger partial charge on any atom is -0.482 e. The van der Waals surface area contributed by atoms with Gasteiger partial charge < -0.3 is 13.9 Å². The van der Waals surface area contributed by atoms with Gasteiger partial charge >= 0.3 is 5.97 Å². The molecule has 0 radical (unpaired) electrons. The van der Waals surface area contributed by atoms with Crippen molar-refractivity contribution in [1.82, 2.24) is 0 Å². The lowest BCUT2D eigenvalue weighted by molar-refractivity contribution is -0.136. The number of benzene rings is 3. The molecule has 0 saturated heterocycles. The van der Waals surface area contributed by atoms with Crippen LogP contribution in [0.25, 0.3) is 21.9 Å². The Morgan fingerprint density at radius 1 is 0.923 bits per heavy atom. The Hall–Kier alpha value is -3.78. The van der Waals surface area contributed by atoms with Crippen molar-refractivity contribution in [2.75, 3.05) is 6.61 Å². The minimum atomic E-state index is -0.512. The van der Waals surface area contributed by atoms with Crippen LogP contribution < -0.4 is 9.47 Å². The summed E-state index contributed by atoms with van der Waals surface area (Å²) in [6, 6.07) is 21.5. The van der Waals surface area contributed by atoms with Crippen molar-refractivity contribution in [1.29, 1.82) is 5.26 Å². The van der Waals surface area contributed by atoms with Gasteiger partial charge in [0.25, 0.3) is 0 Å². The number of ether oxygens (including phenoxy) is 2. The first-order valence-corrected chi connectivity index (χ1v) is 7.98. The van der Waals surface area contributed by atoms with Gasteiger partial charge in [0, 0.05) is 10.8 Å². The molecule has 1 heterocycles. The maximum atomic E-state index is 12.0. The number of hydrogen-bond acceptors (Lipinski definition) is 5. The first-order valence-electron chi connectivity index (χ1n) is 7.98. The number of para-hydroxylation sites is 1. The molecule has 0 aliphatic carbocycles. The predicted octanol–water partition coefficient (Wildman–Crippen LogP) is 4.44. The second kappa shape index (κ2) is 6.61. The summed E-state index contributed by atoms with van der Waals surface area (Å²) in [6.07, 6.45) is 0. The van der Waals surface area contributed by atoms with Gasteiger partial charge in [0.15, 0.2) is 6.61 Å².